The fourth-order valence-electron chi connectivity index (χ4n) is 2.92. The largest absolute Gasteiger partial charge is 0.459 e. The Bertz CT molecular complexity index is 896. The minimum atomic E-state index is -0.346. The van der Waals surface area contributed by atoms with Gasteiger partial charge in [-0.05, 0) is 25.0 Å². The standard InChI is InChI=1S/C17H17N5O3/c18-15-14-16(20-9-19-15)22(10-21-14)13-7-6-12(25-13)8-24-17(23)11-4-2-1-3-5-11/h1-5,9-10,12-13H,6-8H2,(H2,18,19,20)/t12-,13+/m0/s1. The van der Waals surface area contributed by atoms with Gasteiger partial charge < -0.3 is 15.2 Å². The van der Waals surface area contributed by atoms with Crippen molar-refractivity contribution < 1.29 is 14.3 Å². The van der Waals surface area contributed by atoms with Crippen LogP contribution in [-0.2, 0) is 9.47 Å². The van der Waals surface area contributed by atoms with Crippen molar-refractivity contribution in [3.8, 4) is 0 Å². The lowest BCUT2D eigenvalue weighted by Gasteiger charge is -2.15. The fourth-order valence-corrected chi connectivity index (χ4v) is 2.92. The van der Waals surface area contributed by atoms with Crippen LogP contribution in [0.15, 0.2) is 43.0 Å². The Morgan fingerprint density at radius 2 is 2.08 bits per heavy atom. The quantitative estimate of drug-likeness (QED) is 0.724. The molecule has 128 valence electrons. The van der Waals surface area contributed by atoms with E-state index in [0.29, 0.717) is 22.5 Å². The summed E-state index contributed by atoms with van der Waals surface area (Å²) in [5.74, 6) is -0.00340. The fraction of sp³-hybridized carbons (Fsp3) is 0.294. The molecule has 4 rings (SSSR count). The molecule has 0 saturated carbocycles. The number of nitrogen functional groups attached to an aromatic ring is 1. The van der Waals surface area contributed by atoms with E-state index < -0.39 is 0 Å². The molecule has 1 saturated heterocycles. The van der Waals surface area contributed by atoms with Gasteiger partial charge in [0.2, 0.25) is 0 Å². The second-order valence-electron chi connectivity index (χ2n) is 5.84. The number of hydrogen-bond donors (Lipinski definition) is 1. The summed E-state index contributed by atoms with van der Waals surface area (Å²) in [6, 6.07) is 8.91. The molecule has 3 aromatic rings. The summed E-state index contributed by atoms with van der Waals surface area (Å²) in [5, 5.41) is 0. The maximum Gasteiger partial charge on any atom is 0.338 e. The minimum Gasteiger partial charge on any atom is -0.459 e. The second-order valence-corrected chi connectivity index (χ2v) is 5.84. The molecule has 1 aliphatic heterocycles. The molecule has 0 unspecified atom stereocenters. The van der Waals surface area contributed by atoms with Gasteiger partial charge in [-0.25, -0.2) is 19.7 Å². The number of carbonyl (C=O) groups is 1. The molecule has 25 heavy (non-hydrogen) atoms. The minimum absolute atomic E-state index is 0.158. The molecular weight excluding hydrogens is 322 g/mol. The molecule has 8 nitrogen and oxygen atoms in total. The molecule has 1 aliphatic rings. The molecule has 0 spiro atoms. The third kappa shape index (κ3) is 3.03. The van der Waals surface area contributed by atoms with Crippen LogP contribution >= 0.6 is 0 Å². The van der Waals surface area contributed by atoms with Crippen LogP contribution < -0.4 is 5.73 Å². The van der Waals surface area contributed by atoms with Crippen LogP contribution in [-0.4, -0.2) is 38.2 Å². The van der Waals surface area contributed by atoms with E-state index in [0.717, 1.165) is 12.8 Å². The molecule has 0 bridgehead atoms. The Morgan fingerprint density at radius 1 is 1.24 bits per heavy atom. The van der Waals surface area contributed by atoms with Crippen molar-refractivity contribution >= 4 is 23.0 Å². The van der Waals surface area contributed by atoms with Gasteiger partial charge in [0, 0.05) is 0 Å². The van der Waals surface area contributed by atoms with Crippen molar-refractivity contribution in [2.75, 3.05) is 12.3 Å². The first-order valence-electron chi connectivity index (χ1n) is 8.03. The van der Waals surface area contributed by atoms with E-state index in [2.05, 4.69) is 15.0 Å². The first-order chi connectivity index (χ1) is 12.2. The highest BCUT2D eigenvalue weighted by molar-refractivity contribution is 5.89. The van der Waals surface area contributed by atoms with Crippen LogP contribution in [0, 0.1) is 0 Å². The topological polar surface area (TPSA) is 105 Å². The molecule has 8 heteroatoms. The lowest BCUT2D eigenvalue weighted by atomic mass is 10.2. The molecule has 0 aliphatic carbocycles. The van der Waals surface area contributed by atoms with Crippen molar-refractivity contribution in [3.63, 3.8) is 0 Å². The average Bonchev–Trinajstić information content (AvgIpc) is 3.27. The normalized spacial score (nSPS) is 20.0. The van der Waals surface area contributed by atoms with Gasteiger partial charge in [-0.2, -0.15) is 0 Å². The predicted molar refractivity (Wildman–Crippen MR) is 89.6 cm³/mol. The summed E-state index contributed by atoms with van der Waals surface area (Å²) >= 11 is 0. The summed E-state index contributed by atoms with van der Waals surface area (Å²) in [6.07, 6.45) is 4.26. The van der Waals surface area contributed by atoms with Crippen molar-refractivity contribution in [1.82, 2.24) is 19.5 Å². The summed E-state index contributed by atoms with van der Waals surface area (Å²) in [5.41, 5.74) is 7.54. The third-order valence-corrected chi connectivity index (χ3v) is 4.19. The number of fused-ring (bicyclic) bond motifs is 1. The lowest BCUT2D eigenvalue weighted by molar-refractivity contribution is -0.0309. The predicted octanol–water partition coefficient (Wildman–Crippen LogP) is 1.94. The van der Waals surface area contributed by atoms with E-state index >= 15 is 0 Å². The van der Waals surface area contributed by atoms with Gasteiger partial charge in [0.1, 0.15) is 24.7 Å². The maximum absolute atomic E-state index is 12.0. The van der Waals surface area contributed by atoms with Crippen LogP contribution in [0.1, 0.15) is 29.4 Å². The molecule has 2 aromatic heterocycles. The summed E-state index contributed by atoms with van der Waals surface area (Å²) in [6.45, 7) is 0.216. The SMILES string of the molecule is Nc1ncnc2c1ncn2[C@H]1CC[C@@H](COC(=O)c2ccccc2)O1. The highest BCUT2D eigenvalue weighted by atomic mass is 16.6. The van der Waals surface area contributed by atoms with Gasteiger partial charge in [-0.1, -0.05) is 18.2 Å². The van der Waals surface area contributed by atoms with Gasteiger partial charge >= 0.3 is 5.97 Å². The number of rotatable bonds is 4. The van der Waals surface area contributed by atoms with E-state index in [-0.39, 0.29) is 24.9 Å². The zero-order valence-electron chi connectivity index (χ0n) is 13.4. The van der Waals surface area contributed by atoms with Crippen molar-refractivity contribution in [1.29, 1.82) is 0 Å². The number of anilines is 1. The van der Waals surface area contributed by atoms with Gasteiger partial charge in [-0.3, -0.25) is 4.57 Å². The number of nitrogens with two attached hydrogens (primary N) is 1. The van der Waals surface area contributed by atoms with Gasteiger partial charge in [0.25, 0.3) is 0 Å². The molecule has 2 atom stereocenters. The van der Waals surface area contributed by atoms with Crippen LogP contribution in [0.25, 0.3) is 11.2 Å². The number of hydrogen-bond acceptors (Lipinski definition) is 7. The van der Waals surface area contributed by atoms with Crippen LogP contribution in [0.2, 0.25) is 0 Å². The van der Waals surface area contributed by atoms with E-state index in [1.807, 2.05) is 10.6 Å². The second kappa shape index (κ2) is 6.48. The Hall–Kier alpha value is -3.00. The molecular formula is C17H17N5O3. The molecule has 1 fully saturated rings. The number of benzene rings is 1. The number of imidazole rings is 1. The third-order valence-electron chi connectivity index (χ3n) is 4.19. The Labute approximate surface area is 143 Å². The Balaban J connectivity index is 1.40. The monoisotopic (exact) mass is 339 g/mol. The number of nitrogens with zero attached hydrogens (tertiary/aromatic N) is 4. The maximum atomic E-state index is 12.0. The smallest absolute Gasteiger partial charge is 0.338 e. The molecule has 0 radical (unpaired) electrons. The Morgan fingerprint density at radius 3 is 2.92 bits per heavy atom. The summed E-state index contributed by atoms with van der Waals surface area (Å²) in [4.78, 5) is 24.4. The number of carbonyl (C=O) groups excluding carboxylic acids is 1. The number of ether oxygens (including phenoxy) is 2. The van der Waals surface area contributed by atoms with Crippen molar-refractivity contribution in [2.45, 2.75) is 25.2 Å². The highest BCUT2D eigenvalue weighted by Gasteiger charge is 2.29. The summed E-state index contributed by atoms with van der Waals surface area (Å²) < 4.78 is 13.2. The Kier molecular flexibility index (Phi) is 4.02. The van der Waals surface area contributed by atoms with E-state index in [1.54, 1.807) is 30.6 Å². The van der Waals surface area contributed by atoms with E-state index in [9.17, 15) is 4.79 Å². The van der Waals surface area contributed by atoms with Crippen molar-refractivity contribution in [2.24, 2.45) is 0 Å². The van der Waals surface area contributed by atoms with Gasteiger partial charge in [0.15, 0.2) is 11.5 Å². The van der Waals surface area contributed by atoms with E-state index in [4.69, 9.17) is 15.2 Å². The average molecular weight is 339 g/mol. The molecule has 0 amide bonds. The van der Waals surface area contributed by atoms with Crippen LogP contribution in [0.3, 0.4) is 0 Å². The number of esters is 1. The highest BCUT2D eigenvalue weighted by Crippen LogP contribution is 2.31. The summed E-state index contributed by atoms with van der Waals surface area (Å²) in [7, 11) is 0. The molecule has 1 aromatic carbocycles. The zero-order chi connectivity index (χ0) is 17.2. The van der Waals surface area contributed by atoms with E-state index in [1.165, 1.54) is 6.33 Å². The van der Waals surface area contributed by atoms with Crippen LogP contribution in [0.5, 0.6) is 0 Å². The first kappa shape index (κ1) is 15.5. The van der Waals surface area contributed by atoms with Gasteiger partial charge in [0.05, 0.1) is 18.0 Å². The number of aromatic nitrogens is 4. The zero-order valence-corrected chi connectivity index (χ0v) is 13.4. The molecule has 2 N–H and O–H groups in total. The van der Waals surface area contributed by atoms with Gasteiger partial charge in [-0.15, -0.1) is 0 Å². The first-order valence-corrected chi connectivity index (χ1v) is 8.03. The van der Waals surface area contributed by atoms with Crippen molar-refractivity contribution in [3.05, 3.63) is 48.5 Å². The van der Waals surface area contributed by atoms with Crippen LogP contribution in [0.4, 0.5) is 5.82 Å². The lowest BCUT2D eigenvalue weighted by Crippen LogP contribution is -2.19. The molecule has 3 heterocycles.